The van der Waals surface area contributed by atoms with Crippen LogP contribution in [0.25, 0.3) is 0 Å². The summed E-state index contributed by atoms with van der Waals surface area (Å²) in [5.41, 5.74) is 2.71. The van der Waals surface area contributed by atoms with Gasteiger partial charge in [0.1, 0.15) is 0 Å². The van der Waals surface area contributed by atoms with Crippen LogP contribution in [0.3, 0.4) is 0 Å². The second-order valence-corrected chi connectivity index (χ2v) is 9.82. The average molecular weight is 453 g/mol. The third-order valence-corrected chi connectivity index (χ3v) is 7.92. The van der Waals surface area contributed by atoms with Crippen LogP contribution in [0.5, 0.6) is 0 Å². The summed E-state index contributed by atoms with van der Waals surface area (Å²) in [5.74, 6) is 1.97. The quantitative estimate of drug-likeness (QED) is 0.712. The Balaban J connectivity index is 1.35. The molecule has 2 aliphatic heterocycles. The van der Waals surface area contributed by atoms with Gasteiger partial charge in [-0.2, -0.15) is 0 Å². The van der Waals surface area contributed by atoms with Crippen LogP contribution in [-0.2, 0) is 4.79 Å². The van der Waals surface area contributed by atoms with E-state index in [0.29, 0.717) is 23.8 Å². The monoisotopic (exact) mass is 452 g/mol. The molecule has 4 atom stereocenters. The van der Waals surface area contributed by atoms with Crippen molar-refractivity contribution in [1.29, 1.82) is 0 Å². The normalized spacial score (nSPS) is 29.8. The van der Waals surface area contributed by atoms with Gasteiger partial charge in [-0.3, -0.25) is 4.79 Å². The highest BCUT2D eigenvalue weighted by Crippen LogP contribution is 2.45. The highest BCUT2D eigenvalue weighted by Gasteiger charge is 2.45. The number of hydrogen-bond acceptors (Lipinski definition) is 2. The smallest absolute Gasteiger partial charge is 0.227 e. The van der Waals surface area contributed by atoms with Crippen molar-refractivity contribution in [3.8, 4) is 0 Å². The van der Waals surface area contributed by atoms with Crippen LogP contribution in [0.1, 0.15) is 48.6 Å². The summed E-state index contributed by atoms with van der Waals surface area (Å²) in [7, 11) is 0. The van der Waals surface area contributed by atoms with E-state index in [2.05, 4.69) is 74.7 Å². The van der Waals surface area contributed by atoms with E-state index in [1.807, 2.05) is 6.07 Å². The van der Waals surface area contributed by atoms with E-state index in [4.69, 9.17) is 0 Å². The van der Waals surface area contributed by atoms with Gasteiger partial charge in [0.15, 0.2) is 0 Å². The number of hydrogen-bond donors (Lipinski definition) is 1. The molecule has 3 aliphatic rings. The molecule has 1 amide bonds. The van der Waals surface area contributed by atoms with Gasteiger partial charge in [0.25, 0.3) is 0 Å². The molecule has 1 N–H and O–H groups in total. The Kier molecular flexibility index (Phi) is 5.49. The fourth-order valence-corrected chi connectivity index (χ4v) is 6.06. The topological polar surface area (TPSA) is 32.3 Å². The number of carbonyl (C=O) groups excluding carboxylic acids is 1. The molecule has 4 heteroatoms. The minimum absolute atomic E-state index is 0.0447. The van der Waals surface area contributed by atoms with Crippen molar-refractivity contribution < 1.29 is 4.79 Å². The van der Waals surface area contributed by atoms with Crippen LogP contribution in [-0.4, -0.2) is 36.5 Å². The Morgan fingerprint density at radius 3 is 2.48 bits per heavy atom. The van der Waals surface area contributed by atoms with Crippen molar-refractivity contribution in [1.82, 2.24) is 10.2 Å². The summed E-state index contributed by atoms with van der Waals surface area (Å²) in [6, 6.07) is 19.7. The second-order valence-electron chi connectivity index (χ2n) is 8.96. The Bertz CT molecular complexity index is 866. The van der Waals surface area contributed by atoms with E-state index in [1.165, 1.54) is 24.0 Å². The Morgan fingerprint density at radius 2 is 1.72 bits per heavy atom. The predicted molar refractivity (Wildman–Crippen MR) is 120 cm³/mol. The Labute approximate surface area is 182 Å². The zero-order valence-electron chi connectivity index (χ0n) is 16.8. The number of carbonyl (C=O) groups is 1. The van der Waals surface area contributed by atoms with Gasteiger partial charge in [0.05, 0.1) is 5.92 Å². The molecular formula is C25H29BrN2O. The lowest BCUT2D eigenvalue weighted by Gasteiger charge is -2.42. The van der Waals surface area contributed by atoms with Crippen molar-refractivity contribution in [2.75, 3.05) is 19.6 Å². The lowest BCUT2D eigenvalue weighted by atomic mass is 9.81. The molecule has 29 heavy (non-hydrogen) atoms. The fourth-order valence-electron chi connectivity index (χ4n) is 5.48. The molecule has 0 spiro atoms. The fraction of sp³-hybridized carbons (Fsp3) is 0.480. The van der Waals surface area contributed by atoms with Crippen LogP contribution < -0.4 is 5.32 Å². The molecule has 5 rings (SSSR count). The van der Waals surface area contributed by atoms with Gasteiger partial charge in [-0.1, -0.05) is 64.5 Å². The van der Waals surface area contributed by atoms with Crippen LogP contribution >= 0.6 is 15.9 Å². The van der Waals surface area contributed by atoms with E-state index >= 15 is 0 Å². The number of amides is 1. The first-order valence-electron chi connectivity index (χ1n) is 11.0. The first kappa shape index (κ1) is 19.3. The maximum absolute atomic E-state index is 13.8. The van der Waals surface area contributed by atoms with Crippen molar-refractivity contribution in [3.05, 3.63) is 70.2 Å². The number of halogens is 1. The second kappa shape index (κ2) is 8.23. The average Bonchev–Trinajstić information content (AvgIpc) is 3.50. The van der Waals surface area contributed by atoms with E-state index in [-0.39, 0.29) is 11.8 Å². The number of nitrogens with zero attached hydrogens (tertiary/aromatic N) is 1. The van der Waals surface area contributed by atoms with E-state index in [1.54, 1.807) is 0 Å². The minimum atomic E-state index is 0.0447. The largest absolute Gasteiger partial charge is 0.339 e. The summed E-state index contributed by atoms with van der Waals surface area (Å²) in [5, 5.41) is 3.49. The molecule has 3 fully saturated rings. The minimum Gasteiger partial charge on any atom is -0.339 e. The van der Waals surface area contributed by atoms with Crippen molar-refractivity contribution in [3.63, 3.8) is 0 Å². The molecule has 2 unspecified atom stereocenters. The van der Waals surface area contributed by atoms with Gasteiger partial charge in [-0.25, -0.2) is 0 Å². The number of piperidine rings is 1. The molecular weight excluding hydrogens is 424 g/mol. The number of rotatable bonds is 4. The summed E-state index contributed by atoms with van der Waals surface area (Å²) in [6.07, 6.45) is 4.78. The molecule has 2 heterocycles. The lowest BCUT2D eigenvalue weighted by Crippen LogP contribution is -2.50. The summed E-state index contributed by atoms with van der Waals surface area (Å²) in [4.78, 5) is 16.0. The Morgan fingerprint density at radius 1 is 0.966 bits per heavy atom. The molecule has 0 radical (unpaired) electrons. The summed E-state index contributed by atoms with van der Waals surface area (Å²) >= 11 is 3.71. The number of likely N-dealkylation sites (tertiary alicyclic amines) is 1. The van der Waals surface area contributed by atoms with Gasteiger partial charge in [-0.05, 0) is 54.7 Å². The standard InChI is InChI=1S/C25H29BrN2O/c26-23-9-5-4-8-20(23)21-15-27-16-22(21)25(29)28-13-12-19(14-24(28)18-10-11-18)17-6-2-1-3-7-17/h1-9,18-19,21-22,24,27H,10-16H2/t19?,21-,22+,24?/m0/s1. The SMILES string of the molecule is O=C([C@@H]1CNC[C@H]1c1ccccc1Br)N1CCC(c2ccccc2)CC1C1CC1. The molecule has 0 bridgehead atoms. The molecule has 2 saturated heterocycles. The maximum Gasteiger partial charge on any atom is 0.227 e. The van der Waals surface area contributed by atoms with Crippen LogP contribution in [0.2, 0.25) is 0 Å². The highest BCUT2D eigenvalue weighted by molar-refractivity contribution is 9.10. The zero-order chi connectivity index (χ0) is 19.8. The summed E-state index contributed by atoms with van der Waals surface area (Å²) < 4.78 is 1.12. The van der Waals surface area contributed by atoms with Gasteiger partial charge in [0, 0.05) is 36.1 Å². The van der Waals surface area contributed by atoms with Crippen molar-refractivity contribution in [2.24, 2.45) is 11.8 Å². The van der Waals surface area contributed by atoms with Crippen molar-refractivity contribution >= 4 is 21.8 Å². The first-order chi connectivity index (χ1) is 14.2. The van der Waals surface area contributed by atoms with Crippen LogP contribution in [0.4, 0.5) is 0 Å². The maximum atomic E-state index is 13.8. The molecule has 3 nitrogen and oxygen atoms in total. The van der Waals surface area contributed by atoms with E-state index in [9.17, 15) is 4.79 Å². The molecule has 1 saturated carbocycles. The van der Waals surface area contributed by atoms with Crippen molar-refractivity contribution in [2.45, 2.75) is 43.6 Å². The summed E-state index contributed by atoms with van der Waals surface area (Å²) in [6.45, 7) is 2.58. The molecule has 2 aromatic rings. The molecule has 152 valence electrons. The van der Waals surface area contributed by atoms with Gasteiger partial charge >= 0.3 is 0 Å². The lowest BCUT2D eigenvalue weighted by molar-refractivity contribution is -0.140. The number of benzene rings is 2. The predicted octanol–water partition coefficient (Wildman–Crippen LogP) is 4.94. The van der Waals surface area contributed by atoms with Crippen LogP contribution in [0, 0.1) is 11.8 Å². The first-order valence-corrected chi connectivity index (χ1v) is 11.8. The van der Waals surface area contributed by atoms with E-state index in [0.717, 1.165) is 36.9 Å². The number of nitrogens with one attached hydrogen (secondary N) is 1. The van der Waals surface area contributed by atoms with E-state index < -0.39 is 0 Å². The highest BCUT2D eigenvalue weighted by atomic mass is 79.9. The molecule has 1 aliphatic carbocycles. The third-order valence-electron chi connectivity index (χ3n) is 7.20. The van der Waals surface area contributed by atoms with Gasteiger partial charge in [0.2, 0.25) is 5.91 Å². The molecule has 0 aromatic heterocycles. The Hall–Kier alpha value is -1.65. The van der Waals surface area contributed by atoms with Gasteiger partial charge < -0.3 is 10.2 Å². The van der Waals surface area contributed by atoms with Gasteiger partial charge in [-0.15, -0.1) is 0 Å². The third kappa shape index (κ3) is 3.89. The zero-order valence-corrected chi connectivity index (χ0v) is 18.4. The molecule has 2 aromatic carbocycles. The van der Waals surface area contributed by atoms with Crippen LogP contribution in [0.15, 0.2) is 59.1 Å².